The highest BCUT2D eigenvalue weighted by Gasteiger charge is 2.40. The lowest BCUT2D eigenvalue weighted by atomic mass is 9.75. The van der Waals surface area contributed by atoms with Crippen molar-refractivity contribution in [1.29, 1.82) is 0 Å². The molecule has 0 bridgehead atoms. The van der Waals surface area contributed by atoms with E-state index in [4.69, 9.17) is 0 Å². The maximum atomic E-state index is 11.5. The van der Waals surface area contributed by atoms with Crippen molar-refractivity contribution in [3.63, 3.8) is 0 Å². The first-order chi connectivity index (χ1) is 9.16. The van der Waals surface area contributed by atoms with E-state index in [1.165, 1.54) is 0 Å². The van der Waals surface area contributed by atoms with Gasteiger partial charge in [-0.05, 0) is 38.4 Å². The van der Waals surface area contributed by atoms with E-state index in [-0.39, 0.29) is 0 Å². The van der Waals surface area contributed by atoms with E-state index >= 15 is 0 Å². The van der Waals surface area contributed by atoms with Gasteiger partial charge < -0.3 is 5.11 Å². The van der Waals surface area contributed by atoms with E-state index in [9.17, 15) is 9.90 Å². The smallest absolute Gasteiger partial charge is 0.309 e. The number of likely N-dealkylation sites (tertiary alicyclic amines) is 1. The molecule has 2 heterocycles. The summed E-state index contributed by atoms with van der Waals surface area (Å²) in [6, 6.07) is 1.91. The fraction of sp³-hybridized carbons (Fsp3) is 0.643. The van der Waals surface area contributed by atoms with Gasteiger partial charge in [0.2, 0.25) is 0 Å². The zero-order valence-corrected chi connectivity index (χ0v) is 11.4. The van der Waals surface area contributed by atoms with Gasteiger partial charge in [-0.2, -0.15) is 0 Å². The van der Waals surface area contributed by atoms with Crippen molar-refractivity contribution in [3.05, 3.63) is 24.3 Å². The molecule has 0 unspecified atom stereocenters. The molecular formula is C14H21N3O2. The Morgan fingerprint density at radius 3 is 2.74 bits per heavy atom. The second-order valence-electron chi connectivity index (χ2n) is 5.31. The molecule has 0 aliphatic carbocycles. The minimum Gasteiger partial charge on any atom is -0.481 e. The molecule has 0 atom stereocenters. The second kappa shape index (κ2) is 6.10. The van der Waals surface area contributed by atoms with Crippen LogP contribution in [0.5, 0.6) is 0 Å². The predicted octanol–water partition coefficient (Wildman–Crippen LogP) is 1.94. The molecule has 1 aliphatic heterocycles. The Morgan fingerprint density at radius 1 is 1.47 bits per heavy atom. The lowest BCUT2D eigenvalue weighted by Gasteiger charge is -2.38. The van der Waals surface area contributed by atoms with Crippen molar-refractivity contribution in [3.8, 4) is 0 Å². The van der Waals surface area contributed by atoms with E-state index in [0.717, 1.165) is 51.0 Å². The van der Waals surface area contributed by atoms with Gasteiger partial charge in [-0.15, -0.1) is 0 Å². The number of nitrogens with zero attached hydrogens (tertiary/aromatic N) is 3. The zero-order chi connectivity index (χ0) is 13.7. The summed E-state index contributed by atoms with van der Waals surface area (Å²) in [6.07, 6.45) is 6.48. The van der Waals surface area contributed by atoms with Crippen LogP contribution in [-0.2, 0) is 11.3 Å². The van der Waals surface area contributed by atoms with Gasteiger partial charge in [-0.3, -0.25) is 9.69 Å². The Labute approximate surface area is 113 Å². The van der Waals surface area contributed by atoms with Crippen molar-refractivity contribution in [2.45, 2.75) is 39.2 Å². The van der Waals surface area contributed by atoms with Crippen molar-refractivity contribution in [1.82, 2.24) is 14.9 Å². The summed E-state index contributed by atoms with van der Waals surface area (Å²) < 4.78 is 0. The van der Waals surface area contributed by atoms with Crippen LogP contribution in [-0.4, -0.2) is 39.0 Å². The van der Waals surface area contributed by atoms with Gasteiger partial charge >= 0.3 is 5.97 Å². The molecule has 0 amide bonds. The van der Waals surface area contributed by atoms with Gasteiger partial charge in [-0.1, -0.05) is 13.3 Å². The van der Waals surface area contributed by atoms with Crippen LogP contribution in [0.1, 0.15) is 38.3 Å². The molecule has 1 saturated heterocycles. The maximum absolute atomic E-state index is 11.5. The number of piperidine rings is 1. The number of hydrogen-bond acceptors (Lipinski definition) is 4. The summed E-state index contributed by atoms with van der Waals surface area (Å²) in [6.45, 7) is 4.49. The third-order valence-electron chi connectivity index (χ3n) is 4.02. The van der Waals surface area contributed by atoms with Crippen LogP contribution in [0.4, 0.5) is 0 Å². The Balaban J connectivity index is 1.93. The molecule has 0 radical (unpaired) electrons. The highest BCUT2D eigenvalue weighted by atomic mass is 16.4. The van der Waals surface area contributed by atoms with Gasteiger partial charge in [0.15, 0.2) is 0 Å². The summed E-state index contributed by atoms with van der Waals surface area (Å²) in [5.74, 6) is -0.629. The van der Waals surface area contributed by atoms with Crippen LogP contribution in [0.25, 0.3) is 0 Å². The molecule has 1 aliphatic rings. The largest absolute Gasteiger partial charge is 0.481 e. The summed E-state index contributed by atoms with van der Waals surface area (Å²) in [4.78, 5) is 21.9. The molecule has 5 heteroatoms. The quantitative estimate of drug-likeness (QED) is 0.879. The predicted molar refractivity (Wildman–Crippen MR) is 71.5 cm³/mol. The Hall–Kier alpha value is -1.49. The summed E-state index contributed by atoms with van der Waals surface area (Å²) in [5.41, 5.74) is 0.491. The lowest BCUT2D eigenvalue weighted by molar-refractivity contribution is -0.152. The molecule has 5 nitrogen and oxygen atoms in total. The van der Waals surface area contributed by atoms with Crippen LogP contribution >= 0.6 is 0 Å². The molecule has 0 aromatic carbocycles. The van der Waals surface area contributed by atoms with Crippen LogP contribution in [0.15, 0.2) is 18.6 Å². The van der Waals surface area contributed by atoms with Crippen LogP contribution in [0, 0.1) is 5.41 Å². The highest BCUT2D eigenvalue weighted by Crippen LogP contribution is 2.36. The van der Waals surface area contributed by atoms with Crippen LogP contribution in [0.2, 0.25) is 0 Å². The number of aromatic nitrogens is 2. The van der Waals surface area contributed by atoms with E-state index in [1.54, 1.807) is 12.5 Å². The SMILES string of the molecule is CCCC1(C(=O)O)CCN(Cc2ccncn2)CC1. The van der Waals surface area contributed by atoms with Gasteiger partial charge in [0.05, 0.1) is 11.1 Å². The molecule has 1 N–H and O–H groups in total. The number of aliphatic carboxylic acids is 1. The van der Waals surface area contributed by atoms with Gasteiger partial charge in [0, 0.05) is 12.7 Å². The van der Waals surface area contributed by atoms with E-state index in [1.807, 2.05) is 6.07 Å². The molecule has 1 aromatic rings. The molecule has 1 aromatic heterocycles. The number of rotatable bonds is 5. The van der Waals surface area contributed by atoms with Crippen molar-refractivity contribution in [2.75, 3.05) is 13.1 Å². The fourth-order valence-electron chi connectivity index (χ4n) is 2.83. The molecule has 19 heavy (non-hydrogen) atoms. The van der Waals surface area contributed by atoms with E-state index in [0.29, 0.717) is 0 Å². The van der Waals surface area contributed by atoms with Crippen LogP contribution in [0.3, 0.4) is 0 Å². The summed E-state index contributed by atoms with van der Waals surface area (Å²) in [7, 11) is 0. The van der Waals surface area contributed by atoms with Gasteiger partial charge in [0.1, 0.15) is 6.33 Å². The lowest BCUT2D eigenvalue weighted by Crippen LogP contribution is -2.44. The first-order valence-electron chi connectivity index (χ1n) is 6.87. The second-order valence-corrected chi connectivity index (χ2v) is 5.31. The van der Waals surface area contributed by atoms with E-state index in [2.05, 4.69) is 21.8 Å². The molecule has 1 fully saturated rings. The van der Waals surface area contributed by atoms with Gasteiger partial charge in [-0.25, -0.2) is 9.97 Å². The molecule has 2 rings (SSSR count). The average molecular weight is 263 g/mol. The average Bonchev–Trinajstić information content (AvgIpc) is 2.42. The minimum absolute atomic E-state index is 0.503. The third kappa shape index (κ3) is 3.29. The van der Waals surface area contributed by atoms with Crippen molar-refractivity contribution >= 4 is 5.97 Å². The van der Waals surface area contributed by atoms with Crippen molar-refractivity contribution in [2.24, 2.45) is 5.41 Å². The number of carboxylic acids is 1. The topological polar surface area (TPSA) is 66.3 Å². The molecule has 0 saturated carbocycles. The zero-order valence-electron chi connectivity index (χ0n) is 11.4. The molecular weight excluding hydrogens is 242 g/mol. The Kier molecular flexibility index (Phi) is 4.47. The van der Waals surface area contributed by atoms with Crippen LogP contribution < -0.4 is 0 Å². The fourth-order valence-corrected chi connectivity index (χ4v) is 2.83. The number of carboxylic acid groups (broad SMARTS) is 1. The molecule has 104 valence electrons. The van der Waals surface area contributed by atoms with Crippen molar-refractivity contribution < 1.29 is 9.90 Å². The Bertz CT molecular complexity index is 414. The molecule has 0 spiro atoms. The number of carbonyl (C=O) groups is 1. The highest BCUT2D eigenvalue weighted by molar-refractivity contribution is 5.74. The third-order valence-corrected chi connectivity index (χ3v) is 4.02. The number of hydrogen-bond donors (Lipinski definition) is 1. The standard InChI is InChI=1S/C14H21N3O2/c1-2-4-14(13(18)19)5-8-17(9-6-14)10-12-3-7-15-11-16-12/h3,7,11H,2,4-6,8-10H2,1H3,(H,18,19). The first-order valence-corrected chi connectivity index (χ1v) is 6.87. The minimum atomic E-state index is -0.629. The van der Waals surface area contributed by atoms with Gasteiger partial charge in [0.25, 0.3) is 0 Å². The first kappa shape index (κ1) is 13.9. The monoisotopic (exact) mass is 263 g/mol. The Morgan fingerprint density at radius 2 is 2.21 bits per heavy atom. The summed E-state index contributed by atoms with van der Waals surface area (Å²) in [5, 5.41) is 9.46. The van der Waals surface area contributed by atoms with E-state index < -0.39 is 11.4 Å². The normalized spacial score (nSPS) is 19.2. The summed E-state index contributed by atoms with van der Waals surface area (Å²) >= 11 is 0. The maximum Gasteiger partial charge on any atom is 0.309 e.